The Labute approximate surface area is 188 Å². The SMILES string of the molecule is COC(=O)CC1[C@H]2CN(c3nc(N4CC[C@@H]4C)nc(C(F)(F)F)c3-c3cccc(F)c3)C[C@@H]12. The summed E-state index contributed by atoms with van der Waals surface area (Å²) >= 11 is 0. The first-order chi connectivity index (χ1) is 15.7. The second kappa shape index (κ2) is 7.85. The topological polar surface area (TPSA) is 58.6 Å². The van der Waals surface area contributed by atoms with Crippen LogP contribution in [0.25, 0.3) is 11.1 Å². The molecule has 1 saturated carbocycles. The van der Waals surface area contributed by atoms with E-state index in [0.717, 1.165) is 12.5 Å². The highest BCUT2D eigenvalue weighted by atomic mass is 19.4. The molecule has 0 amide bonds. The quantitative estimate of drug-likeness (QED) is 0.490. The van der Waals surface area contributed by atoms with Crippen LogP contribution in [0.15, 0.2) is 24.3 Å². The summed E-state index contributed by atoms with van der Waals surface area (Å²) in [4.78, 5) is 23.7. The van der Waals surface area contributed by atoms with Crippen LogP contribution in [0.4, 0.5) is 29.3 Å². The monoisotopic (exact) mass is 464 g/mol. The number of hydrogen-bond acceptors (Lipinski definition) is 6. The largest absolute Gasteiger partial charge is 0.469 e. The van der Waals surface area contributed by atoms with Gasteiger partial charge in [-0.1, -0.05) is 12.1 Å². The van der Waals surface area contributed by atoms with Crippen molar-refractivity contribution in [1.29, 1.82) is 0 Å². The Kier molecular flexibility index (Phi) is 5.21. The third-order valence-corrected chi connectivity index (χ3v) is 7.14. The van der Waals surface area contributed by atoms with E-state index in [1.807, 2.05) is 11.8 Å². The Morgan fingerprint density at radius 3 is 2.48 bits per heavy atom. The number of benzene rings is 1. The first-order valence-electron chi connectivity index (χ1n) is 11.0. The molecule has 176 valence electrons. The molecule has 2 aromatic rings. The zero-order valence-electron chi connectivity index (χ0n) is 18.3. The molecule has 33 heavy (non-hydrogen) atoms. The molecule has 1 aromatic carbocycles. The first-order valence-corrected chi connectivity index (χ1v) is 11.0. The number of carbonyl (C=O) groups excluding carboxylic acids is 1. The Balaban J connectivity index is 1.57. The summed E-state index contributed by atoms with van der Waals surface area (Å²) in [5.74, 6) is -0.138. The summed E-state index contributed by atoms with van der Waals surface area (Å²) in [7, 11) is 1.34. The molecule has 3 fully saturated rings. The number of methoxy groups -OCH3 is 1. The van der Waals surface area contributed by atoms with Gasteiger partial charge < -0.3 is 14.5 Å². The summed E-state index contributed by atoms with van der Waals surface area (Å²) < 4.78 is 61.4. The highest BCUT2D eigenvalue weighted by Crippen LogP contribution is 2.55. The smallest absolute Gasteiger partial charge is 0.434 e. The number of fused-ring (bicyclic) bond motifs is 1. The van der Waals surface area contributed by atoms with Gasteiger partial charge in [0.15, 0.2) is 5.69 Å². The number of nitrogens with zero attached hydrogens (tertiary/aromatic N) is 4. The molecule has 0 N–H and O–H groups in total. The van der Waals surface area contributed by atoms with Crippen molar-refractivity contribution in [3.8, 4) is 11.1 Å². The normalized spacial score (nSPS) is 26.1. The maximum absolute atomic E-state index is 14.2. The maximum Gasteiger partial charge on any atom is 0.434 e. The Bertz CT molecular complexity index is 1080. The minimum Gasteiger partial charge on any atom is -0.469 e. The fourth-order valence-corrected chi connectivity index (χ4v) is 5.12. The van der Waals surface area contributed by atoms with E-state index in [1.165, 1.54) is 25.3 Å². The van der Waals surface area contributed by atoms with E-state index in [9.17, 15) is 22.4 Å². The lowest BCUT2D eigenvalue weighted by Crippen LogP contribution is -2.47. The number of alkyl halides is 3. The van der Waals surface area contributed by atoms with E-state index < -0.39 is 17.7 Å². The number of aromatic nitrogens is 2. The molecule has 0 radical (unpaired) electrons. The summed E-state index contributed by atoms with van der Waals surface area (Å²) in [5.41, 5.74) is -1.17. The zero-order chi connectivity index (χ0) is 23.5. The highest BCUT2D eigenvalue weighted by molar-refractivity contribution is 5.80. The molecule has 10 heteroatoms. The molecule has 3 aliphatic rings. The predicted molar refractivity (Wildman–Crippen MR) is 113 cm³/mol. The van der Waals surface area contributed by atoms with Gasteiger partial charge in [-0.25, -0.2) is 9.37 Å². The van der Waals surface area contributed by atoms with E-state index in [0.29, 0.717) is 26.1 Å². The predicted octanol–water partition coefficient (Wildman–Crippen LogP) is 4.15. The molecule has 5 rings (SSSR count). The second-order valence-electron chi connectivity index (χ2n) is 9.09. The van der Waals surface area contributed by atoms with E-state index in [1.54, 1.807) is 4.90 Å². The van der Waals surface area contributed by atoms with Crippen LogP contribution in [0, 0.1) is 23.6 Å². The Hall–Kier alpha value is -2.91. The van der Waals surface area contributed by atoms with E-state index in [2.05, 4.69) is 9.97 Å². The number of halogens is 4. The highest BCUT2D eigenvalue weighted by Gasteiger charge is 2.57. The standard InChI is InChI=1S/C23H24F4N4O2/c1-12-6-7-31(12)22-28-20(23(25,26)27)19(13-4-3-5-14(24)8-13)21(29-22)30-10-16-15(17(16)11-30)9-18(32)33-2/h3-5,8,12,15-17H,6-7,9-11H2,1-2H3/t12-,15?,16-,17+/m0/s1. The van der Waals surface area contributed by atoms with Crippen molar-refractivity contribution in [2.24, 2.45) is 17.8 Å². The molecule has 2 aliphatic heterocycles. The number of carbonyl (C=O) groups is 1. The molecule has 6 nitrogen and oxygen atoms in total. The lowest BCUT2D eigenvalue weighted by molar-refractivity contribution is -0.141. The fourth-order valence-electron chi connectivity index (χ4n) is 5.12. The number of esters is 1. The van der Waals surface area contributed by atoms with Crippen LogP contribution in [0.5, 0.6) is 0 Å². The molecule has 1 aromatic heterocycles. The van der Waals surface area contributed by atoms with Crippen molar-refractivity contribution >= 4 is 17.7 Å². The van der Waals surface area contributed by atoms with Crippen molar-refractivity contribution in [3.05, 3.63) is 35.8 Å². The van der Waals surface area contributed by atoms with Crippen LogP contribution in [0.3, 0.4) is 0 Å². The number of ether oxygens (including phenoxy) is 1. The van der Waals surface area contributed by atoms with Crippen LogP contribution in [-0.2, 0) is 15.7 Å². The van der Waals surface area contributed by atoms with E-state index in [-0.39, 0.29) is 52.7 Å². The molecular formula is C23H24F4N4O2. The third-order valence-electron chi connectivity index (χ3n) is 7.14. The van der Waals surface area contributed by atoms with Crippen LogP contribution in [0.2, 0.25) is 0 Å². The van der Waals surface area contributed by atoms with Gasteiger partial charge in [0.2, 0.25) is 5.95 Å². The average molecular weight is 464 g/mol. The number of piperidine rings is 1. The lowest BCUT2D eigenvalue weighted by Gasteiger charge is -2.39. The summed E-state index contributed by atoms with van der Waals surface area (Å²) in [5, 5.41) is 0. The van der Waals surface area contributed by atoms with Gasteiger partial charge in [0, 0.05) is 32.1 Å². The van der Waals surface area contributed by atoms with Gasteiger partial charge in [-0.2, -0.15) is 18.2 Å². The number of anilines is 2. The van der Waals surface area contributed by atoms with E-state index in [4.69, 9.17) is 4.74 Å². The number of rotatable bonds is 5. The zero-order valence-corrected chi connectivity index (χ0v) is 18.3. The molecule has 4 atom stereocenters. The maximum atomic E-state index is 14.2. The number of hydrogen-bond donors (Lipinski definition) is 0. The molecular weight excluding hydrogens is 440 g/mol. The molecule has 3 heterocycles. The second-order valence-corrected chi connectivity index (χ2v) is 9.09. The van der Waals surface area contributed by atoms with Crippen LogP contribution < -0.4 is 9.80 Å². The first kappa shape index (κ1) is 21.9. The van der Waals surface area contributed by atoms with Gasteiger partial charge in [0.05, 0.1) is 12.7 Å². The molecule has 1 unspecified atom stereocenters. The third kappa shape index (κ3) is 3.89. The van der Waals surface area contributed by atoms with Gasteiger partial charge in [0.1, 0.15) is 11.6 Å². The van der Waals surface area contributed by atoms with Gasteiger partial charge in [-0.15, -0.1) is 0 Å². The average Bonchev–Trinajstić information content (AvgIpc) is 3.18. The van der Waals surface area contributed by atoms with Gasteiger partial charge in [0.25, 0.3) is 0 Å². The van der Waals surface area contributed by atoms with Gasteiger partial charge in [-0.3, -0.25) is 4.79 Å². The van der Waals surface area contributed by atoms with E-state index >= 15 is 0 Å². The minimum atomic E-state index is -4.74. The fraction of sp³-hybridized carbons (Fsp3) is 0.522. The Morgan fingerprint density at radius 1 is 1.21 bits per heavy atom. The van der Waals surface area contributed by atoms with Crippen molar-refractivity contribution in [1.82, 2.24) is 9.97 Å². The summed E-state index contributed by atoms with van der Waals surface area (Å²) in [6, 6.07) is 5.16. The summed E-state index contributed by atoms with van der Waals surface area (Å²) in [6.45, 7) is 3.47. The van der Waals surface area contributed by atoms with Gasteiger partial charge in [-0.05, 0) is 48.8 Å². The molecule has 2 saturated heterocycles. The summed E-state index contributed by atoms with van der Waals surface area (Å²) in [6.07, 6.45) is -3.57. The van der Waals surface area contributed by atoms with Crippen molar-refractivity contribution < 1.29 is 27.1 Å². The van der Waals surface area contributed by atoms with Crippen molar-refractivity contribution in [2.75, 3.05) is 36.5 Å². The molecule has 0 bridgehead atoms. The Morgan fingerprint density at radius 2 is 1.94 bits per heavy atom. The van der Waals surface area contributed by atoms with Crippen LogP contribution in [-0.4, -0.2) is 48.7 Å². The minimum absolute atomic E-state index is 0.0444. The lowest BCUT2D eigenvalue weighted by atomic mass is 10.0. The van der Waals surface area contributed by atoms with Gasteiger partial charge >= 0.3 is 12.1 Å². The van der Waals surface area contributed by atoms with Crippen molar-refractivity contribution in [2.45, 2.75) is 32.0 Å². The molecule has 1 aliphatic carbocycles. The molecule has 0 spiro atoms. The van der Waals surface area contributed by atoms with Crippen LogP contribution in [0.1, 0.15) is 25.5 Å². The van der Waals surface area contributed by atoms with Crippen molar-refractivity contribution in [3.63, 3.8) is 0 Å². The van der Waals surface area contributed by atoms with Crippen LogP contribution >= 0.6 is 0 Å².